The Bertz CT molecular complexity index is 1130. The first kappa shape index (κ1) is 26.2. The van der Waals surface area contributed by atoms with E-state index >= 15 is 0 Å². The largest absolute Gasteiger partial charge is 0.497 e. The highest BCUT2D eigenvalue weighted by Gasteiger charge is 2.23. The summed E-state index contributed by atoms with van der Waals surface area (Å²) in [6.07, 6.45) is 2.18. The van der Waals surface area contributed by atoms with Gasteiger partial charge in [0.2, 0.25) is 5.91 Å². The molecule has 0 spiro atoms. The van der Waals surface area contributed by atoms with Gasteiger partial charge in [-0.05, 0) is 104 Å². The molecule has 1 fully saturated rings. The second kappa shape index (κ2) is 12.9. The summed E-state index contributed by atoms with van der Waals surface area (Å²) >= 11 is 1.76. The van der Waals surface area contributed by atoms with Gasteiger partial charge in [0.1, 0.15) is 5.75 Å². The van der Waals surface area contributed by atoms with Crippen molar-refractivity contribution in [2.24, 2.45) is 5.73 Å². The zero-order valence-corrected chi connectivity index (χ0v) is 21.9. The number of nitrogens with two attached hydrogens (primary N) is 1. The van der Waals surface area contributed by atoms with Gasteiger partial charge in [-0.1, -0.05) is 30.0 Å². The van der Waals surface area contributed by atoms with Crippen LogP contribution in [-0.4, -0.2) is 44.6 Å². The highest BCUT2D eigenvalue weighted by atomic mass is 32.2. The van der Waals surface area contributed by atoms with E-state index in [1.807, 2.05) is 18.2 Å². The van der Waals surface area contributed by atoms with E-state index < -0.39 is 0 Å². The second-order valence-corrected chi connectivity index (χ2v) is 10.3. The lowest BCUT2D eigenvalue weighted by atomic mass is 9.86. The molecule has 1 aliphatic rings. The molecule has 1 saturated heterocycles. The molecule has 7 heteroatoms. The molecule has 1 heterocycles. The van der Waals surface area contributed by atoms with Gasteiger partial charge in [0, 0.05) is 28.6 Å². The minimum absolute atomic E-state index is 0.0350. The van der Waals surface area contributed by atoms with Crippen LogP contribution in [0.2, 0.25) is 0 Å². The Hall–Kier alpha value is -2.84. The molecule has 0 aromatic heterocycles. The summed E-state index contributed by atoms with van der Waals surface area (Å²) in [5.41, 5.74) is 10.7. The van der Waals surface area contributed by atoms with E-state index in [0.717, 1.165) is 43.9 Å². The molecular weight excluding hydrogens is 468 g/mol. The molecule has 190 valence electrons. The fourth-order valence-corrected chi connectivity index (χ4v) is 5.52. The number of methoxy groups -OCH3 is 1. The van der Waals surface area contributed by atoms with Crippen LogP contribution in [-0.2, 0) is 17.9 Å². The summed E-state index contributed by atoms with van der Waals surface area (Å²) in [6.45, 7) is 3.87. The molecule has 0 atom stereocenters. The van der Waals surface area contributed by atoms with E-state index in [1.165, 1.54) is 26.5 Å². The summed E-state index contributed by atoms with van der Waals surface area (Å²) in [5, 5.41) is 5.87. The van der Waals surface area contributed by atoms with Crippen molar-refractivity contribution in [2.75, 3.05) is 39.1 Å². The number of amides is 1. The molecule has 3 aromatic rings. The van der Waals surface area contributed by atoms with E-state index in [9.17, 15) is 4.79 Å². The van der Waals surface area contributed by atoms with Crippen molar-refractivity contribution < 1.29 is 9.53 Å². The van der Waals surface area contributed by atoms with Crippen molar-refractivity contribution in [3.8, 4) is 5.75 Å². The number of benzene rings is 3. The van der Waals surface area contributed by atoms with Gasteiger partial charge in [0.15, 0.2) is 0 Å². The molecule has 1 amide bonds. The first-order valence-corrected chi connectivity index (χ1v) is 13.3. The maximum absolute atomic E-state index is 12.0. The van der Waals surface area contributed by atoms with Crippen LogP contribution >= 0.6 is 11.8 Å². The smallest absolute Gasteiger partial charge is 0.238 e. The summed E-state index contributed by atoms with van der Waals surface area (Å²) in [6, 6.07) is 23.2. The summed E-state index contributed by atoms with van der Waals surface area (Å²) in [7, 11) is 3.46. The number of anilines is 1. The number of nitrogens with one attached hydrogen (secondary N) is 2. The Morgan fingerprint density at radius 2 is 1.69 bits per heavy atom. The van der Waals surface area contributed by atoms with Crippen molar-refractivity contribution in [3.05, 3.63) is 83.4 Å². The predicted molar refractivity (Wildman–Crippen MR) is 148 cm³/mol. The number of ether oxygens (including phenoxy) is 1. The molecule has 0 bridgehead atoms. The molecule has 6 nitrogen and oxygen atoms in total. The molecular formula is C29H36N4O2S. The number of likely N-dealkylation sites (tertiary alicyclic amines) is 1. The highest BCUT2D eigenvalue weighted by Crippen LogP contribution is 2.33. The zero-order chi connectivity index (χ0) is 25.3. The second-order valence-electron chi connectivity index (χ2n) is 9.17. The number of hydrogen-bond acceptors (Lipinski definition) is 6. The van der Waals surface area contributed by atoms with Crippen molar-refractivity contribution >= 4 is 23.4 Å². The van der Waals surface area contributed by atoms with Gasteiger partial charge in [-0.3, -0.25) is 9.69 Å². The third-order valence-electron chi connectivity index (χ3n) is 6.64. The Labute approximate surface area is 218 Å². The number of rotatable bonds is 10. The Kier molecular flexibility index (Phi) is 9.41. The topological polar surface area (TPSA) is 79.6 Å². The standard InChI is InChI=1S/C29H36N4O2S/c1-31-19-29(34)32-24-6-5-23(18-30)28(17-24)22-13-15-33(16-14-22)20-21-3-9-26(10-4-21)36-27-11-7-25(35-2)8-12-27/h3-12,17,22,31H,13-16,18-20,30H2,1-2H3,(H,32,34). The fraction of sp³-hybridized carbons (Fsp3) is 0.345. The Balaban J connectivity index is 1.31. The van der Waals surface area contributed by atoms with Crippen LogP contribution in [0.1, 0.15) is 35.4 Å². The lowest BCUT2D eigenvalue weighted by molar-refractivity contribution is -0.115. The molecule has 4 N–H and O–H groups in total. The van der Waals surface area contributed by atoms with Crippen molar-refractivity contribution in [1.29, 1.82) is 0 Å². The average Bonchev–Trinajstić information content (AvgIpc) is 2.91. The van der Waals surface area contributed by atoms with Crippen LogP contribution in [0, 0.1) is 0 Å². The molecule has 3 aromatic carbocycles. The molecule has 1 aliphatic heterocycles. The first-order chi connectivity index (χ1) is 17.6. The Morgan fingerprint density at radius 3 is 2.31 bits per heavy atom. The van der Waals surface area contributed by atoms with E-state index in [4.69, 9.17) is 10.5 Å². The molecule has 0 aliphatic carbocycles. The number of hydrogen-bond donors (Lipinski definition) is 3. The third-order valence-corrected chi connectivity index (χ3v) is 7.65. The minimum Gasteiger partial charge on any atom is -0.497 e. The van der Waals surface area contributed by atoms with E-state index in [2.05, 4.69) is 64.1 Å². The predicted octanol–water partition coefficient (Wildman–Crippen LogP) is 4.84. The van der Waals surface area contributed by atoms with Gasteiger partial charge in [-0.15, -0.1) is 0 Å². The van der Waals surface area contributed by atoms with Crippen LogP contribution in [0.15, 0.2) is 76.5 Å². The van der Waals surface area contributed by atoms with Crippen LogP contribution in [0.5, 0.6) is 5.75 Å². The van der Waals surface area contributed by atoms with Gasteiger partial charge in [0.25, 0.3) is 0 Å². The molecule has 0 unspecified atom stereocenters. The van der Waals surface area contributed by atoms with Crippen molar-refractivity contribution in [3.63, 3.8) is 0 Å². The Morgan fingerprint density at radius 1 is 1.03 bits per heavy atom. The maximum Gasteiger partial charge on any atom is 0.238 e. The first-order valence-electron chi connectivity index (χ1n) is 12.5. The van der Waals surface area contributed by atoms with Gasteiger partial charge in [-0.2, -0.15) is 0 Å². The number of piperidine rings is 1. The normalized spacial score (nSPS) is 14.5. The molecule has 0 radical (unpaired) electrons. The minimum atomic E-state index is -0.0350. The maximum atomic E-state index is 12.0. The lowest BCUT2D eigenvalue weighted by Gasteiger charge is -2.33. The van der Waals surface area contributed by atoms with Gasteiger partial charge in [0.05, 0.1) is 13.7 Å². The molecule has 36 heavy (non-hydrogen) atoms. The fourth-order valence-electron chi connectivity index (χ4n) is 4.71. The average molecular weight is 505 g/mol. The summed E-state index contributed by atoms with van der Waals surface area (Å²) in [5.74, 6) is 1.30. The van der Waals surface area contributed by atoms with Crippen molar-refractivity contribution in [1.82, 2.24) is 10.2 Å². The molecule has 4 rings (SSSR count). The van der Waals surface area contributed by atoms with Crippen LogP contribution in [0.25, 0.3) is 0 Å². The summed E-state index contributed by atoms with van der Waals surface area (Å²) in [4.78, 5) is 17.0. The van der Waals surface area contributed by atoms with Crippen LogP contribution < -0.4 is 21.1 Å². The van der Waals surface area contributed by atoms with E-state index in [0.29, 0.717) is 19.0 Å². The molecule has 0 saturated carbocycles. The van der Waals surface area contributed by atoms with Gasteiger partial charge >= 0.3 is 0 Å². The van der Waals surface area contributed by atoms with Gasteiger partial charge < -0.3 is 21.1 Å². The monoisotopic (exact) mass is 504 g/mol. The third kappa shape index (κ3) is 7.11. The van der Waals surface area contributed by atoms with Crippen LogP contribution in [0.3, 0.4) is 0 Å². The SMILES string of the molecule is CNCC(=O)Nc1ccc(CN)c(C2CCN(Cc3ccc(Sc4ccc(OC)cc4)cc3)CC2)c1. The number of likely N-dealkylation sites (N-methyl/N-ethyl adjacent to an activating group) is 1. The van der Waals surface area contributed by atoms with Crippen molar-refractivity contribution in [2.45, 2.75) is 41.6 Å². The lowest BCUT2D eigenvalue weighted by Crippen LogP contribution is -2.32. The van der Waals surface area contributed by atoms with Gasteiger partial charge in [-0.25, -0.2) is 0 Å². The summed E-state index contributed by atoms with van der Waals surface area (Å²) < 4.78 is 5.24. The number of carbonyl (C=O) groups is 1. The van der Waals surface area contributed by atoms with Crippen LogP contribution in [0.4, 0.5) is 5.69 Å². The number of nitrogens with zero attached hydrogens (tertiary/aromatic N) is 1. The van der Waals surface area contributed by atoms with E-state index in [-0.39, 0.29) is 5.91 Å². The quantitative estimate of drug-likeness (QED) is 0.367. The zero-order valence-electron chi connectivity index (χ0n) is 21.1. The number of carbonyl (C=O) groups excluding carboxylic acids is 1. The van der Waals surface area contributed by atoms with E-state index in [1.54, 1.807) is 25.9 Å². The highest BCUT2D eigenvalue weighted by molar-refractivity contribution is 7.99.